The summed E-state index contributed by atoms with van der Waals surface area (Å²) < 4.78 is 138. The van der Waals surface area contributed by atoms with E-state index >= 15 is 0 Å². The second-order valence-corrected chi connectivity index (χ2v) is 18.1. The Bertz CT molecular complexity index is 3100. The topological polar surface area (TPSA) is 371 Å². The number of nitrogen functional groups attached to an aromatic ring is 2. The largest absolute Gasteiger partial charge is 0.870 e. The molecule has 0 fully saturated rings. The minimum Gasteiger partial charge on any atom is -0.870 e. The van der Waals surface area contributed by atoms with Crippen molar-refractivity contribution in [2.45, 2.75) is 33.4 Å². The summed E-state index contributed by atoms with van der Waals surface area (Å²) in [5, 5.41) is 40.8. The summed E-state index contributed by atoms with van der Waals surface area (Å²) in [6.07, 6.45) is 0. The zero-order valence-corrected chi connectivity index (χ0v) is 44.6. The number of hydrogen-bond donors (Lipinski definition) is 4. The Kier molecular flexibility index (Phi) is 18.6. The van der Waals surface area contributed by atoms with E-state index in [0.29, 0.717) is 22.3 Å². The van der Waals surface area contributed by atoms with Crippen molar-refractivity contribution >= 4 is 214 Å². The second-order valence-electron chi connectivity index (χ2n) is 12.6. The van der Waals surface area contributed by atoms with Gasteiger partial charge in [0, 0.05) is 130 Å². The van der Waals surface area contributed by atoms with Crippen LogP contribution in [0.4, 0.5) is 34.1 Å². The zero-order valence-electron chi connectivity index (χ0n) is 33.3. The molecule has 4 radical (unpaired) electrons. The first-order valence-electron chi connectivity index (χ1n) is 15.8. The van der Waals surface area contributed by atoms with Crippen molar-refractivity contribution in [1.82, 2.24) is 0 Å². The Morgan fingerprint density at radius 2 is 0.823 bits per heavy atom. The van der Waals surface area contributed by atoms with Gasteiger partial charge in [0.25, 0.3) is 20.2 Å². The van der Waals surface area contributed by atoms with Gasteiger partial charge in [-0.05, 0) is 118 Å². The molecule has 0 unspecified atom stereocenters. The molecular weight excluding hydrogens is 937 g/mol. The van der Waals surface area contributed by atoms with Crippen molar-refractivity contribution in [3.8, 4) is 22.6 Å². The van der Waals surface area contributed by atoms with Gasteiger partial charge in [-0.1, -0.05) is 23.6 Å². The van der Waals surface area contributed by atoms with Crippen LogP contribution in [0.2, 0.25) is 0 Å². The molecule has 0 saturated carbocycles. The molecule has 62 heavy (non-hydrogen) atoms. The maximum Gasteiger partial charge on any atom is 0.296 e. The number of benzene rings is 6. The van der Waals surface area contributed by atoms with Gasteiger partial charge in [-0.3, -0.25) is 9.11 Å². The van der Waals surface area contributed by atoms with Crippen LogP contribution < -0.4 is 21.7 Å². The molecular formula is C34H24N6Na4O14S4-4. The van der Waals surface area contributed by atoms with Crippen molar-refractivity contribution in [2.75, 3.05) is 11.5 Å². The predicted octanol–water partition coefficient (Wildman–Crippen LogP) is 3.20. The van der Waals surface area contributed by atoms with Crippen LogP contribution in [0.5, 0.6) is 11.5 Å². The van der Waals surface area contributed by atoms with E-state index in [-0.39, 0.29) is 151 Å². The maximum absolute atomic E-state index is 13.4. The summed E-state index contributed by atoms with van der Waals surface area (Å²) in [6.45, 7) is 3.23. The molecule has 0 aliphatic rings. The second kappa shape index (κ2) is 20.6. The Labute approximate surface area is 442 Å². The first-order chi connectivity index (χ1) is 26.8. The van der Waals surface area contributed by atoms with Crippen molar-refractivity contribution in [1.29, 1.82) is 0 Å². The Morgan fingerprint density at radius 3 is 1.10 bits per heavy atom. The van der Waals surface area contributed by atoms with Crippen LogP contribution in [-0.4, -0.2) is 170 Å². The molecule has 0 aliphatic heterocycles. The summed E-state index contributed by atoms with van der Waals surface area (Å²) in [5.74, 6) is -2.25. The molecule has 6 rings (SSSR count). The summed E-state index contributed by atoms with van der Waals surface area (Å²) in [6, 6.07) is 13.8. The number of anilines is 2. The van der Waals surface area contributed by atoms with Gasteiger partial charge in [0.2, 0.25) is 0 Å². The van der Waals surface area contributed by atoms with E-state index in [9.17, 15) is 62.1 Å². The number of rotatable bonds is 9. The zero-order chi connectivity index (χ0) is 42.9. The van der Waals surface area contributed by atoms with Crippen LogP contribution in [0.3, 0.4) is 0 Å². The van der Waals surface area contributed by atoms with Crippen molar-refractivity contribution in [3.63, 3.8) is 0 Å². The third kappa shape index (κ3) is 11.8. The fourth-order valence-electron chi connectivity index (χ4n) is 5.92. The Morgan fingerprint density at radius 1 is 0.500 bits per heavy atom. The van der Waals surface area contributed by atoms with Crippen molar-refractivity contribution in [3.05, 3.63) is 83.9 Å². The molecule has 20 nitrogen and oxygen atoms in total. The van der Waals surface area contributed by atoms with Gasteiger partial charge in [-0.15, -0.1) is 10.2 Å². The van der Waals surface area contributed by atoms with Crippen LogP contribution in [-0.2, 0) is 40.5 Å². The number of aryl methyl sites for hydroxylation is 2. The Balaban J connectivity index is 0.00000331. The van der Waals surface area contributed by atoms with E-state index in [0.717, 1.165) is 36.4 Å². The van der Waals surface area contributed by atoms with Crippen LogP contribution in [0.15, 0.2) is 113 Å². The van der Waals surface area contributed by atoms with Crippen LogP contribution in [0.25, 0.3) is 32.7 Å². The van der Waals surface area contributed by atoms with E-state index in [1.807, 2.05) is 0 Å². The standard InChI is InChI=1S/C34H28N6O14S4.4Na/c1-15-7-17(3-5-25(15)37-39-31-27(57(49,50)51)11-19-9-21(55(43,44)45)13-23(35)29(19)33(31)41)18-4-6-26(16(2)8-18)38-40-32-28(58(52,53)54)12-20-10-22(56(46,47)48)14-24(36)30(20)34(32)42;;;;/h3-14,41-42H,35-36H2,1-2H3,(H,43,44,45)(H,46,47,48)(H,49,50,51)(H,52,53,54);;;;/p-4. The van der Waals surface area contributed by atoms with Gasteiger partial charge in [0.15, 0.2) is 0 Å². The van der Waals surface area contributed by atoms with E-state index < -0.39 is 94.3 Å². The van der Waals surface area contributed by atoms with E-state index in [1.54, 1.807) is 38.1 Å². The normalized spacial score (nSPS) is 12.2. The fourth-order valence-corrected chi connectivity index (χ4v) is 8.32. The van der Waals surface area contributed by atoms with Gasteiger partial charge >= 0.3 is 0 Å². The van der Waals surface area contributed by atoms with E-state index in [2.05, 4.69) is 20.5 Å². The quantitative estimate of drug-likeness (QED) is 0.0699. The van der Waals surface area contributed by atoms with Crippen molar-refractivity contribution in [2.24, 2.45) is 20.5 Å². The number of azo groups is 2. The average molecular weight is 961 g/mol. The molecule has 0 aromatic heterocycles. The fraction of sp³-hybridized carbons (Fsp3) is 0.0588. The Hall–Kier alpha value is -2.12. The molecule has 0 spiro atoms. The minimum atomic E-state index is -5.14. The molecule has 6 aromatic carbocycles. The molecule has 0 atom stereocenters. The van der Waals surface area contributed by atoms with Gasteiger partial charge in [-0.25, -0.2) is 16.8 Å². The number of fused-ring (bicyclic) bond motifs is 2. The molecule has 0 saturated heterocycles. The average Bonchev–Trinajstić information content (AvgIpc) is 3.09. The molecule has 0 bridgehead atoms. The summed E-state index contributed by atoms with van der Waals surface area (Å²) in [7, 11) is -20.4. The number of nitrogens with zero attached hydrogens (tertiary/aromatic N) is 4. The van der Waals surface area contributed by atoms with Crippen LogP contribution in [0, 0.1) is 13.8 Å². The minimum absolute atomic E-state index is 0. The van der Waals surface area contributed by atoms with E-state index in [1.165, 1.54) is 12.1 Å². The SMILES string of the molecule is Cc1cc(-c2ccc(N=Nc3c(S(=O)(=O)O)cc4cc(S(=O)(=O)[O-])cc(N)c4c3[O-])c(C)c2)ccc1N=Nc1c(S(=O)(=O)O)cc2cc(S(=O)(=O)[O-])cc(N)c2c1[O-].[Na].[Na].[Na].[Na]. The third-order valence-corrected chi connectivity index (χ3v) is 12.0. The molecule has 0 amide bonds. The molecule has 0 heterocycles. The summed E-state index contributed by atoms with van der Waals surface area (Å²) >= 11 is 0. The first-order valence-corrected chi connectivity index (χ1v) is 21.5. The van der Waals surface area contributed by atoms with Gasteiger partial charge in [-0.2, -0.15) is 27.1 Å². The third-order valence-electron chi connectivity index (χ3n) is 8.65. The predicted molar refractivity (Wildman–Crippen MR) is 224 cm³/mol. The molecule has 306 valence electrons. The molecule has 0 aliphatic carbocycles. The molecule has 6 N–H and O–H groups in total. The van der Waals surface area contributed by atoms with Crippen LogP contribution >= 0.6 is 0 Å². The number of nitrogens with two attached hydrogens (primary N) is 2. The van der Waals surface area contributed by atoms with Gasteiger partial charge in [0.05, 0.1) is 32.5 Å². The molecule has 28 heteroatoms. The van der Waals surface area contributed by atoms with Gasteiger partial charge in [0.1, 0.15) is 30.0 Å². The number of hydrogen-bond acceptors (Lipinski definition) is 18. The summed E-state index contributed by atoms with van der Waals surface area (Å²) in [5.41, 5.74) is 11.5. The van der Waals surface area contributed by atoms with Gasteiger partial charge < -0.3 is 30.8 Å². The maximum atomic E-state index is 13.4. The first kappa shape index (κ1) is 56.0. The monoisotopic (exact) mass is 960 g/mol. The summed E-state index contributed by atoms with van der Waals surface area (Å²) in [4.78, 5) is -3.71. The van der Waals surface area contributed by atoms with E-state index in [4.69, 9.17) is 11.5 Å². The molecule has 6 aromatic rings. The van der Waals surface area contributed by atoms with Crippen molar-refractivity contribution < 1.29 is 62.1 Å². The smallest absolute Gasteiger partial charge is 0.296 e. The van der Waals surface area contributed by atoms with Crippen LogP contribution in [0.1, 0.15) is 11.1 Å².